The number of esters is 1. The van der Waals surface area contributed by atoms with Crippen LogP contribution in [0.2, 0.25) is 0 Å². The molecule has 0 aromatic carbocycles. The summed E-state index contributed by atoms with van der Waals surface area (Å²) in [4.78, 5) is 28.0. The van der Waals surface area contributed by atoms with Crippen molar-refractivity contribution in [1.82, 2.24) is 9.55 Å². The lowest BCUT2D eigenvalue weighted by Gasteiger charge is -2.00. The molecule has 8 heteroatoms. The van der Waals surface area contributed by atoms with Crippen molar-refractivity contribution in [3.63, 3.8) is 0 Å². The number of amides is 1. The Balaban J connectivity index is 2.20. The van der Waals surface area contributed by atoms with Gasteiger partial charge in [-0.15, -0.1) is 0 Å². The number of nitrogen functional groups attached to an aromatic ring is 1. The van der Waals surface area contributed by atoms with Crippen molar-refractivity contribution in [1.29, 1.82) is 0 Å². The van der Waals surface area contributed by atoms with Gasteiger partial charge in [-0.25, -0.2) is 9.78 Å². The van der Waals surface area contributed by atoms with Crippen LogP contribution in [0.25, 0.3) is 0 Å². The number of hydrogen-bond donors (Lipinski definition) is 2. The van der Waals surface area contributed by atoms with Gasteiger partial charge >= 0.3 is 5.97 Å². The van der Waals surface area contributed by atoms with Crippen LogP contribution in [0.1, 0.15) is 25.9 Å². The summed E-state index contributed by atoms with van der Waals surface area (Å²) >= 11 is 1.12. The van der Waals surface area contributed by atoms with Crippen LogP contribution in [0.4, 0.5) is 10.8 Å². The summed E-state index contributed by atoms with van der Waals surface area (Å²) in [6, 6.07) is 1.55. The average Bonchev–Trinajstić information content (AvgIpc) is 2.91. The molecular weight excluding hydrogens is 280 g/mol. The van der Waals surface area contributed by atoms with Crippen molar-refractivity contribution in [2.45, 2.75) is 6.92 Å². The van der Waals surface area contributed by atoms with Gasteiger partial charge in [0.2, 0.25) is 0 Å². The molecule has 0 fully saturated rings. The van der Waals surface area contributed by atoms with E-state index < -0.39 is 5.97 Å². The summed E-state index contributed by atoms with van der Waals surface area (Å²) in [5.41, 5.74) is 6.99. The Hall–Kier alpha value is -2.35. The molecule has 0 radical (unpaired) electrons. The van der Waals surface area contributed by atoms with Crippen molar-refractivity contribution >= 4 is 34.0 Å². The van der Waals surface area contributed by atoms with Crippen LogP contribution in [0.15, 0.2) is 12.3 Å². The zero-order valence-corrected chi connectivity index (χ0v) is 12.1. The van der Waals surface area contributed by atoms with Crippen LogP contribution in [-0.2, 0) is 11.8 Å². The molecule has 0 saturated carbocycles. The number of aromatic nitrogens is 2. The number of anilines is 2. The normalized spacial score (nSPS) is 10.3. The quantitative estimate of drug-likeness (QED) is 0.834. The number of carbonyl (C=O) groups is 2. The monoisotopic (exact) mass is 294 g/mol. The average molecular weight is 294 g/mol. The molecule has 0 aliphatic carbocycles. The van der Waals surface area contributed by atoms with E-state index in [1.807, 2.05) is 0 Å². The largest absolute Gasteiger partial charge is 0.464 e. The third kappa shape index (κ3) is 2.64. The molecule has 20 heavy (non-hydrogen) atoms. The third-order valence-corrected chi connectivity index (χ3v) is 3.66. The molecule has 3 N–H and O–H groups in total. The summed E-state index contributed by atoms with van der Waals surface area (Å²) in [6.45, 7) is 1.71. The Morgan fingerprint density at radius 2 is 2.20 bits per heavy atom. The molecule has 106 valence electrons. The lowest BCUT2D eigenvalue weighted by atomic mass is 10.3. The summed E-state index contributed by atoms with van der Waals surface area (Å²) in [5, 5.41) is 3.04. The van der Waals surface area contributed by atoms with E-state index in [0.29, 0.717) is 27.1 Å². The molecule has 2 heterocycles. The minimum absolute atomic E-state index is 0.307. The van der Waals surface area contributed by atoms with Crippen LogP contribution in [0.5, 0.6) is 0 Å². The molecule has 0 spiro atoms. The molecule has 0 aliphatic heterocycles. The molecule has 1 amide bonds. The van der Waals surface area contributed by atoms with Gasteiger partial charge in [0.05, 0.1) is 18.5 Å². The Bertz CT molecular complexity index is 674. The lowest BCUT2D eigenvalue weighted by molar-refractivity contribution is 0.0590. The number of hydrogen-bond acceptors (Lipinski definition) is 6. The number of nitrogens with one attached hydrogen (secondary N) is 1. The molecule has 2 aromatic heterocycles. The summed E-state index contributed by atoms with van der Waals surface area (Å²) in [5.74, 6) is -0.773. The SMILES string of the molecule is COC(=O)c1cc(NC(=O)c2sc(N)nc2C)cn1C. The minimum Gasteiger partial charge on any atom is -0.464 e. The van der Waals surface area contributed by atoms with E-state index in [9.17, 15) is 9.59 Å². The Morgan fingerprint density at radius 1 is 1.50 bits per heavy atom. The predicted molar refractivity (Wildman–Crippen MR) is 76.0 cm³/mol. The van der Waals surface area contributed by atoms with Gasteiger partial charge in [-0.1, -0.05) is 11.3 Å². The van der Waals surface area contributed by atoms with Crippen molar-refractivity contribution in [2.24, 2.45) is 7.05 Å². The van der Waals surface area contributed by atoms with E-state index in [1.54, 1.807) is 30.8 Å². The maximum Gasteiger partial charge on any atom is 0.354 e. The lowest BCUT2D eigenvalue weighted by Crippen LogP contribution is -2.11. The van der Waals surface area contributed by atoms with Gasteiger partial charge in [0.1, 0.15) is 10.6 Å². The van der Waals surface area contributed by atoms with Crippen LogP contribution in [-0.4, -0.2) is 28.5 Å². The fraction of sp³-hybridized carbons (Fsp3) is 0.250. The van der Waals surface area contributed by atoms with E-state index in [-0.39, 0.29) is 5.91 Å². The third-order valence-electron chi connectivity index (χ3n) is 2.68. The molecule has 0 saturated heterocycles. The Kier molecular flexibility index (Phi) is 3.75. The molecule has 0 aliphatic rings. The number of ether oxygens (including phenoxy) is 1. The number of nitrogens with two attached hydrogens (primary N) is 1. The summed E-state index contributed by atoms with van der Waals surface area (Å²) in [6.07, 6.45) is 1.63. The number of methoxy groups -OCH3 is 1. The standard InChI is InChI=1S/C12H14N4O3S/c1-6-9(20-12(13)14-6)10(17)15-7-4-8(11(18)19-3)16(2)5-7/h4-5H,1-3H3,(H2,13,14)(H,15,17). The van der Waals surface area contributed by atoms with Gasteiger partial charge < -0.3 is 20.4 Å². The number of nitrogens with zero attached hydrogens (tertiary/aromatic N) is 2. The first-order valence-corrected chi connectivity index (χ1v) is 6.53. The summed E-state index contributed by atoms with van der Waals surface area (Å²) in [7, 11) is 2.99. The Labute approximate surface area is 119 Å². The molecule has 0 unspecified atom stereocenters. The second-order valence-electron chi connectivity index (χ2n) is 4.14. The van der Waals surface area contributed by atoms with Crippen molar-refractivity contribution < 1.29 is 14.3 Å². The van der Waals surface area contributed by atoms with Gasteiger partial charge in [0, 0.05) is 13.2 Å². The number of rotatable bonds is 3. The second-order valence-corrected chi connectivity index (χ2v) is 5.17. The highest BCUT2D eigenvalue weighted by Gasteiger charge is 2.17. The smallest absolute Gasteiger partial charge is 0.354 e. The van der Waals surface area contributed by atoms with E-state index in [4.69, 9.17) is 5.73 Å². The predicted octanol–water partition coefficient (Wildman–Crippen LogP) is 1.41. The topological polar surface area (TPSA) is 99.2 Å². The number of carbonyl (C=O) groups excluding carboxylic acids is 2. The zero-order chi connectivity index (χ0) is 14.9. The van der Waals surface area contributed by atoms with E-state index in [1.165, 1.54) is 7.11 Å². The molecule has 0 atom stereocenters. The van der Waals surface area contributed by atoms with Crippen molar-refractivity contribution in [3.8, 4) is 0 Å². The van der Waals surface area contributed by atoms with Gasteiger partial charge in [-0.05, 0) is 13.0 Å². The molecule has 2 rings (SSSR count). The number of aryl methyl sites for hydroxylation is 2. The zero-order valence-electron chi connectivity index (χ0n) is 11.3. The van der Waals surface area contributed by atoms with Crippen LogP contribution in [0, 0.1) is 6.92 Å². The fourth-order valence-corrected chi connectivity index (χ4v) is 2.49. The first-order valence-electron chi connectivity index (χ1n) is 5.71. The van der Waals surface area contributed by atoms with E-state index in [0.717, 1.165) is 11.3 Å². The molecular formula is C12H14N4O3S. The first kappa shape index (κ1) is 14.1. The maximum atomic E-state index is 12.1. The molecule has 2 aromatic rings. The van der Waals surface area contributed by atoms with Gasteiger partial charge in [-0.2, -0.15) is 0 Å². The highest BCUT2D eigenvalue weighted by atomic mass is 32.1. The second kappa shape index (κ2) is 5.33. The first-order chi connectivity index (χ1) is 9.42. The van der Waals surface area contributed by atoms with Crippen LogP contribution >= 0.6 is 11.3 Å². The molecule has 7 nitrogen and oxygen atoms in total. The van der Waals surface area contributed by atoms with Gasteiger partial charge in [0.15, 0.2) is 5.13 Å². The highest BCUT2D eigenvalue weighted by Crippen LogP contribution is 2.22. The van der Waals surface area contributed by atoms with E-state index >= 15 is 0 Å². The van der Waals surface area contributed by atoms with Crippen LogP contribution in [0.3, 0.4) is 0 Å². The van der Waals surface area contributed by atoms with Crippen LogP contribution < -0.4 is 11.1 Å². The molecule has 0 bridgehead atoms. The Morgan fingerprint density at radius 3 is 2.75 bits per heavy atom. The van der Waals surface area contributed by atoms with Crippen molar-refractivity contribution in [2.75, 3.05) is 18.2 Å². The minimum atomic E-state index is -0.466. The number of thiazole rings is 1. The van der Waals surface area contributed by atoms with Crippen molar-refractivity contribution in [3.05, 3.63) is 28.5 Å². The highest BCUT2D eigenvalue weighted by molar-refractivity contribution is 7.17. The van der Waals surface area contributed by atoms with E-state index in [2.05, 4.69) is 15.0 Å². The van der Waals surface area contributed by atoms with Gasteiger partial charge in [0.25, 0.3) is 5.91 Å². The maximum absolute atomic E-state index is 12.1. The van der Waals surface area contributed by atoms with Gasteiger partial charge in [-0.3, -0.25) is 4.79 Å². The summed E-state index contributed by atoms with van der Waals surface area (Å²) < 4.78 is 6.22. The fourth-order valence-electron chi connectivity index (χ4n) is 1.76.